The number of hydrogen-bond acceptors (Lipinski definition) is 3. The van der Waals surface area contributed by atoms with E-state index in [1.54, 1.807) is 12.1 Å². The highest BCUT2D eigenvalue weighted by Crippen LogP contribution is 2.20. The molecule has 102 valence electrons. The second kappa shape index (κ2) is 6.71. The van der Waals surface area contributed by atoms with E-state index in [9.17, 15) is 4.79 Å². The fourth-order valence-electron chi connectivity index (χ4n) is 2.07. The van der Waals surface area contributed by atoms with Gasteiger partial charge in [0.25, 0.3) is 0 Å². The van der Waals surface area contributed by atoms with Crippen LogP contribution in [0.3, 0.4) is 0 Å². The van der Waals surface area contributed by atoms with Crippen molar-refractivity contribution in [2.45, 2.75) is 44.4 Å². The van der Waals surface area contributed by atoms with E-state index in [2.05, 4.69) is 5.16 Å². The summed E-state index contributed by atoms with van der Waals surface area (Å²) < 4.78 is 0. The quantitative estimate of drug-likeness (QED) is 0.354. The van der Waals surface area contributed by atoms with Gasteiger partial charge in [0.15, 0.2) is 0 Å². The Morgan fingerprint density at radius 2 is 2.00 bits per heavy atom. The molecule has 19 heavy (non-hydrogen) atoms. The van der Waals surface area contributed by atoms with Crippen LogP contribution in [0.15, 0.2) is 29.4 Å². The maximum Gasteiger partial charge on any atom is 0.365 e. The normalized spacial score (nSPS) is 22.0. The van der Waals surface area contributed by atoms with Crippen molar-refractivity contribution in [3.63, 3.8) is 0 Å². The van der Waals surface area contributed by atoms with Gasteiger partial charge in [0.05, 0.1) is 16.7 Å². The molecule has 1 aromatic rings. The summed E-state index contributed by atoms with van der Waals surface area (Å²) in [6, 6.07) is 7.23. The Morgan fingerprint density at radius 1 is 1.26 bits per heavy atom. The van der Waals surface area contributed by atoms with Crippen LogP contribution in [0.2, 0.25) is 0 Å². The van der Waals surface area contributed by atoms with E-state index >= 15 is 0 Å². The number of hydrogen-bond donors (Lipinski definition) is 0. The molecule has 1 saturated carbocycles. The van der Waals surface area contributed by atoms with Gasteiger partial charge in [-0.1, -0.05) is 35.7 Å². The Labute approximate surface area is 118 Å². The molecule has 0 radical (unpaired) electrons. The molecule has 0 heterocycles. The minimum absolute atomic E-state index is 0.103. The minimum Gasteiger partial charge on any atom is -0.313 e. The van der Waals surface area contributed by atoms with Crippen LogP contribution in [0, 0.1) is 6.92 Å². The molecule has 4 heteroatoms. The van der Waals surface area contributed by atoms with Crippen molar-refractivity contribution in [2.24, 2.45) is 5.16 Å². The first-order valence-electron chi connectivity index (χ1n) is 6.65. The Morgan fingerprint density at radius 3 is 2.74 bits per heavy atom. The molecule has 0 aliphatic heterocycles. The maximum atomic E-state index is 11.8. The third-order valence-corrected chi connectivity index (χ3v) is 3.76. The molecule has 1 fully saturated rings. The molecule has 0 saturated heterocycles. The number of aryl methyl sites for hydroxylation is 1. The van der Waals surface area contributed by atoms with Gasteiger partial charge in [-0.15, -0.1) is 11.6 Å². The van der Waals surface area contributed by atoms with E-state index in [1.807, 2.05) is 19.1 Å². The van der Waals surface area contributed by atoms with Gasteiger partial charge in [0, 0.05) is 0 Å². The molecular weight excluding hydrogens is 262 g/mol. The SMILES string of the molecule is Cc1ccc(C(=O)ON=C2CCCCCC2Cl)cc1. The molecule has 0 aromatic heterocycles. The zero-order valence-electron chi connectivity index (χ0n) is 11.1. The standard InChI is InChI=1S/C15H18ClNO2/c1-11-7-9-12(10-8-11)15(18)19-17-14-6-4-2-3-5-13(14)16/h7-10,13H,2-6H2,1H3. The number of carbonyl (C=O) groups excluding carboxylic acids is 1. The van der Waals surface area contributed by atoms with Crippen molar-refractivity contribution >= 4 is 23.3 Å². The zero-order chi connectivity index (χ0) is 13.7. The van der Waals surface area contributed by atoms with E-state index in [0.29, 0.717) is 5.56 Å². The summed E-state index contributed by atoms with van der Waals surface area (Å²) in [5.41, 5.74) is 2.40. The van der Waals surface area contributed by atoms with Crippen molar-refractivity contribution in [1.29, 1.82) is 0 Å². The van der Waals surface area contributed by atoms with Gasteiger partial charge in [-0.2, -0.15) is 0 Å². The Kier molecular flexibility index (Phi) is 4.97. The summed E-state index contributed by atoms with van der Waals surface area (Å²) in [4.78, 5) is 16.8. The van der Waals surface area contributed by atoms with E-state index in [4.69, 9.17) is 16.4 Å². The molecule has 1 aliphatic carbocycles. The smallest absolute Gasteiger partial charge is 0.313 e. The first-order chi connectivity index (χ1) is 9.16. The Balaban J connectivity index is 2.00. The summed E-state index contributed by atoms with van der Waals surface area (Å²) in [6.07, 6.45) is 5.05. The number of oxime groups is 1. The molecule has 1 unspecified atom stereocenters. The lowest BCUT2D eigenvalue weighted by Gasteiger charge is -2.07. The van der Waals surface area contributed by atoms with Gasteiger partial charge in [-0.25, -0.2) is 4.79 Å². The molecule has 2 rings (SSSR count). The number of alkyl halides is 1. The van der Waals surface area contributed by atoms with Crippen LogP contribution in [-0.4, -0.2) is 17.1 Å². The molecule has 0 N–H and O–H groups in total. The maximum absolute atomic E-state index is 11.8. The fourth-order valence-corrected chi connectivity index (χ4v) is 2.38. The number of nitrogens with zero attached hydrogens (tertiary/aromatic N) is 1. The van der Waals surface area contributed by atoms with Crippen molar-refractivity contribution in [3.05, 3.63) is 35.4 Å². The summed E-state index contributed by atoms with van der Waals surface area (Å²) >= 11 is 6.22. The van der Waals surface area contributed by atoms with Crippen molar-refractivity contribution in [3.8, 4) is 0 Å². The van der Waals surface area contributed by atoms with Gasteiger partial charge in [-0.05, 0) is 38.3 Å². The van der Waals surface area contributed by atoms with Crippen LogP contribution in [0.1, 0.15) is 48.0 Å². The number of carbonyl (C=O) groups is 1. The average Bonchev–Trinajstić information content (AvgIpc) is 2.61. The summed E-state index contributed by atoms with van der Waals surface area (Å²) in [6.45, 7) is 1.97. The third kappa shape index (κ3) is 4.06. The van der Waals surface area contributed by atoms with Gasteiger partial charge < -0.3 is 4.84 Å². The Hall–Kier alpha value is -1.35. The topological polar surface area (TPSA) is 38.7 Å². The highest BCUT2D eigenvalue weighted by Gasteiger charge is 2.18. The fraction of sp³-hybridized carbons (Fsp3) is 0.467. The summed E-state index contributed by atoms with van der Waals surface area (Å²) in [7, 11) is 0. The van der Waals surface area contributed by atoms with Crippen LogP contribution in [0.25, 0.3) is 0 Å². The third-order valence-electron chi connectivity index (χ3n) is 3.29. The molecule has 1 aliphatic rings. The van der Waals surface area contributed by atoms with E-state index in [-0.39, 0.29) is 5.38 Å². The van der Waals surface area contributed by atoms with Crippen molar-refractivity contribution < 1.29 is 9.63 Å². The summed E-state index contributed by atoms with van der Waals surface area (Å²) in [5, 5.41) is 3.85. The average molecular weight is 280 g/mol. The number of halogens is 1. The monoisotopic (exact) mass is 279 g/mol. The second-order valence-corrected chi connectivity index (χ2v) is 5.42. The largest absolute Gasteiger partial charge is 0.365 e. The van der Waals surface area contributed by atoms with Crippen LogP contribution < -0.4 is 0 Å². The van der Waals surface area contributed by atoms with Gasteiger partial charge in [0.2, 0.25) is 0 Å². The van der Waals surface area contributed by atoms with E-state index < -0.39 is 5.97 Å². The van der Waals surface area contributed by atoms with Crippen LogP contribution in [-0.2, 0) is 4.84 Å². The van der Waals surface area contributed by atoms with Crippen LogP contribution in [0.4, 0.5) is 0 Å². The van der Waals surface area contributed by atoms with Crippen LogP contribution >= 0.6 is 11.6 Å². The lowest BCUT2D eigenvalue weighted by Crippen LogP contribution is -2.14. The first kappa shape index (κ1) is 14.1. The van der Waals surface area contributed by atoms with Crippen LogP contribution in [0.5, 0.6) is 0 Å². The Bertz CT molecular complexity index is 468. The van der Waals surface area contributed by atoms with Crippen molar-refractivity contribution in [1.82, 2.24) is 0 Å². The number of benzene rings is 1. The second-order valence-electron chi connectivity index (χ2n) is 4.89. The minimum atomic E-state index is -0.430. The van der Waals surface area contributed by atoms with Gasteiger partial charge in [0.1, 0.15) is 0 Å². The number of rotatable bonds is 2. The highest BCUT2D eigenvalue weighted by molar-refractivity contribution is 6.32. The lowest BCUT2D eigenvalue weighted by atomic mass is 10.1. The first-order valence-corrected chi connectivity index (χ1v) is 7.09. The lowest BCUT2D eigenvalue weighted by molar-refractivity contribution is 0.0514. The molecule has 3 nitrogen and oxygen atoms in total. The predicted molar refractivity (Wildman–Crippen MR) is 76.8 cm³/mol. The molecular formula is C15H18ClNO2. The van der Waals surface area contributed by atoms with E-state index in [0.717, 1.165) is 43.4 Å². The van der Waals surface area contributed by atoms with E-state index in [1.165, 1.54) is 0 Å². The molecule has 0 spiro atoms. The highest BCUT2D eigenvalue weighted by atomic mass is 35.5. The zero-order valence-corrected chi connectivity index (χ0v) is 11.8. The summed E-state index contributed by atoms with van der Waals surface area (Å²) in [5.74, 6) is -0.430. The van der Waals surface area contributed by atoms with Gasteiger partial charge >= 0.3 is 5.97 Å². The van der Waals surface area contributed by atoms with Crippen molar-refractivity contribution in [2.75, 3.05) is 0 Å². The van der Waals surface area contributed by atoms with Gasteiger partial charge in [-0.3, -0.25) is 0 Å². The molecule has 1 atom stereocenters. The molecule has 0 bridgehead atoms. The molecule has 1 aromatic carbocycles. The molecule has 0 amide bonds. The predicted octanol–water partition coefficient (Wildman–Crippen LogP) is 4.08.